The maximum Gasteiger partial charge on any atom is 0.264 e. The number of oxazole rings is 1. The van der Waals surface area contributed by atoms with E-state index in [-0.39, 0.29) is 35.8 Å². The molecule has 746 valence electrons. The van der Waals surface area contributed by atoms with Crippen molar-refractivity contribution in [3.63, 3.8) is 0 Å². The Balaban J connectivity index is 0.000000163. The normalized spacial score (nSPS) is 11.0. The number of thiazole rings is 3. The Hall–Kier alpha value is -14.3. The van der Waals surface area contributed by atoms with Crippen molar-refractivity contribution in [2.45, 2.75) is 128 Å². The largest absolute Gasteiger partial charge is 0.497 e. The van der Waals surface area contributed by atoms with Gasteiger partial charge >= 0.3 is 0 Å². The zero-order valence-corrected chi connectivity index (χ0v) is 86.3. The number of aromatic nitrogens is 4. The van der Waals surface area contributed by atoms with Gasteiger partial charge < -0.3 is 71.9 Å². The van der Waals surface area contributed by atoms with E-state index in [0.29, 0.717) is 152 Å². The van der Waals surface area contributed by atoms with Crippen LogP contribution in [0.2, 0.25) is 0 Å². The number of nitrogens with zero attached hydrogens (tertiary/aromatic N) is 4. The quantitative estimate of drug-likeness (QED) is 0.0321. The van der Waals surface area contributed by atoms with Crippen molar-refractivity contribution in [2.24, 2.45) is 35.5 Å². The first-order valence-corrected chi connectivity index (χ1v) is 51.5. The van der Waals surface area contributed by atoms with E-state index in [9.17, 15) is 22.8 Å². The lowest BCUT2D eigenvalue weighted by atomic mass is 10.1. The Kier molecular flexibility index (Phi) is 42.8. The number of benzene rings is 12. The Morgan fingerprint density at radius 1 is 0.331 bits per heavy atom. The van der Waals surface area contributed by atoms with E-state index in [2.05, 4.69) is 131 Å². The molecule has 0 fully saturated rings. The van der Waals surface area contributed by atoms with Crippen molar-refractivity contribution >= 4 is 120 Å². The van der Waals surface area contributed by atoms with Crippen LogP contribution in [0.4, 0.5) is 16.5 Å². The van der Waals surface area contributed by atoms with Gasteiger partial charge in [-0.3, -0.25) is 19.7 Å². The molecule has 16 rings (SSSR count). The molecule has 0 aliphatic carbocycles. The van der Waals surface area contributed by atoms with Crippen LogP contribution in [0.3, 0.4) is 0 Å². The molecule has 4 aromatic heterocycles. The highest BCUT2D eigenvalue weighted by molar-refractivity contribution is 7.90. The van der Waals surface area contributed by atoms with Crippen LogP contribution in [0.15, 0.2) is 294 Å². The summed E-state index contributed by atoms with van der Waals surface area (Å²) in [7, 11) is -1.70. The van der Waals surface area contributed by atoms with Crippen LogP contribution in [0, 0.1) is 42.4 Å². The summed E-state index contributed by atoms with van der Waals surface area (Å²) in [5.74, 6) is 12.0. The van der Waals surface area contributed by atoms with Crippen molar-refractivity contribution in [3.8, 4) is 69.0 Å². The monoisotopic (exact) mass is 2000 g/mol. The van der Waals surface area contributed by atoms with Crippen LogP contribution in [-0.2, 0) is 50.5 Å². The minimum Gasteiger partial charge on any atom is -0.497 e. The molecular formula is C113H127N7O18S4. The zero-order valence-electron chi connectivity index (χ0n) is 83.1. The van der Waals surface area contributed by atoms with E-state index in [1.54, 1.807) is 96.5 Å². The van der Waals surface area contributed by atoms with E-state index in [4.69, 9.17) is 61.3 Å². The molecule has 0 aliphatic heterocycles. The highest BCUT2D eigenvalue weighted by Crippen LogP contribution is 2.33. The van der Waals surface area contributed by atoms with Crippen molar-refractivity contribution in [1.82, 2.24) is 19.9 Å². The SMILES string of the molecule is CC(C)COc1cccc(OCC(=O)Nc2nc3ccc(S(C)(=O)=O)cc3s2)c1.CC(C)COc1cccc(OCc2nc3ccccc3o2)c1.CC(C)COc1cccc(OCc2nc3ccccc3s2)c1.CC(C)COc1cccc(OCc2nc3ccccc3s2)c1.COc1ccc(NC(=O)COc2ccc(OCC(C)C)cc2)cc1.Cc1ccc(NC(=O)CCc2cccc(OCC(C)C)c2)cc1. The first kappa shape index (κ1) is 108. The second-order valence-electron chi connectivity index (χ2n) is 35.6. The van der Waals surface area contributed by atoms with Gasteiger partial charge in [0.05, 0.1) is 82.3 Å². The highest BCUT2D eigenvalue weighted by atomic mass is 32.2. The fraction of sp³-hybridized carbons (Fsp3) is 0.301. The number of anilines is 3. The number of carbonyl (C=O) groups excluding carboxylic acids is 3. The predicted molar refractivity (Wildman–Crippen MR) is 569 cm³/mol. The van der Waals surface area contributed by atoms with Crippen LogP contribution < -0.4 is 72.8 Å². The number of rotatable bonds is 41. The molecule has 0 saturated carbocycles. The van der Waals surface area contributed by atoms with Gasteiger partial charge in [0.25, 0.3) is 11.8 Å². The van der Waals surface area contributed by atoms with Gasteiger partial charge in [0.2, 0.25) is 11.8 Å². The van der Waals surface area contributed by atoms with Crippen LogP contribution in [0.1, 0.15) is 117 Å². The average molecular weight is 2000 g/mol. The second kappa shape index (κ2) is 56.3. The molecule has 29 heteroatoms. The number of ether oxygens (including phenoxy) is 12. The maximum atomic E-state index is 12.2. The molecule has 0 bridgehead atoms. The van der Waals surface area contributed by atoms with E-state index in [1.165, 1.54) is 32.4 Å². The molecule has 25 nitrogen and oxygen atoms in total. The summed E-state index contributed by atoms with van der Waals surface area (Å²) in [6.45, 7) is 32.5. The topological polar surface area (TPSA) is 297 Å². The summed E-state index contributed by atoms with van der Waals surface area (Å²) in [5.41, 5.74) is 8.13. The number of methoxy groups -OCH3 is 1. The molecule has 0 spiro atoms. The standard InChI is InChI=1S/C20H22N2O5S2.C20H25NO2.C19H23NO4.C18H19NO3.2C18H19NO2S/c1-13(2)11-26-14-5-4-6-15(9-14)27-12-19(23)22-20-21-17-8-7-16(29(3,24)25)10-18(17)28-20;1-15(2)14-23-19-6-4-5-17(13-19)9-12-20(22)21-18-10-7-16(3)8-11-18;1-14(2)12-23-17-8-10-18(11-9-17)24-13-19(21)20-15-4-6-16(22-3)7-5-15;3*1-13(2)11-20-14-6-5-7-15(10-14)21-12-18-19-16-8-3-4-9-17(16)22-18/h4-10,13H,11-12H2,1-3H3,(H,21,22,23);4-8,10-11,13,15H,9,12,14H2,1-3H3,(H,21,22);4-11,14H,12-13H2,1-3H3,(H,20,21);3*3-10,13H,11-12H2,1-2H3. The Morgan fingerprint density at radius 2 is 0.697 bits per heavy atom. The van der Waals surface area contributed by atoms with Crippen LogP contribution in [0.5, 0.6) is 69.0 Å². The zero-order chi connectivity index (χ0) is 101. The highest BCUT2D eigenvalue weighted by Gasteiger charge is 2.17. The molecule has 3 amide bonds. The van der Waals surface area contributed by atoms with Crippen LogP contribution in [-0.4, -0.2) is 112 Å². The first-order chi connectivity index (χ1) is 68.4. The number of amides is 3. The maximum absolute atomic E-state index is 12.2. The van der Waals surface area contributed by atoms with Crippen molar-refractivity contribution in [2.75, 3.05) is 82.2 Å². The van der Waals surface area contributed by atoms with Gasteiger partial charge in [0, 0.05) is 48.3 Å². The Bertz CT molecular complexity index is 6290. The van der Waals surface area contributed by atoms with Gasteiger partial charge in [0.15, 0.2) is 40.4 Å². The van der Waals surface area contributed by atoms with Crippen molar-refractivity contribution in [3.05, 3.63) is 312 Å². The molecule has 16 aromatic rings. The van der Waals surface area contributed by atoms with Gasteiger partial charge in [-0.25, -0.2) is 28.4 Å². The van der Waals surface area contributed by atoms with E-state index >= 15 is 0 Å². The summed E-state index contributed by atoms with van der Waals surface area (Å²) >= 11 is 4.54. The lowest BCUT2D eigenvalue weighted by molar-refractivity contribution is -0.118. The Morgan fingerprint density at radius 3 is 1.14 bits per heavy atom. The fourth-order valence-electron chi connectivity index (χ4n) is 12.6. The number of sulfone groups is 1. The third-order valence-corrected chi connectivity index (χ3v) is 23.7. The second-order valence-corrected chi connectivity index (χ2v) is 40.9. The lowest BCUT2D eigenvalue weighted by Crippen LogP contribution is -2.20. The minimum absolute atomic E-state index is 0.0300. The first-order valence-electron chi connectivity index (χ1n) is 47.2. The summed E-state index contributed by atoms with van der Waals surface area (Å²) in [6.07, 6.45) is 2.32. The van der Waals surface area contributed by atoms with Crippen LogP contribution >= 0.6 is 34.0 Å². The summed E-state index contributed by atoms with van der Waals surface area (Å²) in [4.78, 5) is 54.2. The fourth-order valence-corrected chi connectivity index (χ4v) is 16.0. The third-order valence-electron chi connectivity index (χ3n) is 19.7. The number of hydrogen-bond donors (Lipinski definition) is 3. The van der Waals surface area contributed by atoms with Gasteiger partial charge in [-0.15, -0.1) is 22.7 Å². The van der Waals surface area contributed by atoms with Gasteiger partial charge in [0.1, 0.15) is 97.7 Å². The lowest BCUT2D eigenvalue weighted by Gasteiger charge is -2.10. The molecule has 4 heterocycles. The van der Waals surface area contributed by atoms with Crippen molar-refractivity contribution in [1.29, 1.82) is 0 Å². The minimum atomic E-state index is -3.30. The number of hydrogen-bond acceptors (Lipinski definition) is 25. The van der Waals surface area contributed by atoms with Gasteiger partial charge in [-0.1, -0.05) is 185 Å². The summed E-state index contributed by atoms with van der Waals surface area (Å²) in [6, 6.07) is 89.1. The number of carbonyl (C=O) groups is 3. The van der Waals surface area contributed by atoms with Crippen LogP contribution in [0.25, 0.3) is 41.7 Å². The summed E-state index contributed by atoms with van der Waals surface area (Å²) in [5, 5.41) is 10.7. The molecule has 3 N–H and O–H groups in total. The molecule has 0 unspecified atom stereocenters. The number of fused-ring (bicyclic) bond motifs is 4. The number of para-hydroxylation sites is 4. The smallest absolute Gasteiger partial charge is 0.264 e. The summed E-state index contributed by atoms with van der Waals surface area (Å²) < 4.78 is 99.6. The van der Waals surface area contributed by atoms with E-state index < -0.39 is 9.84 Å². The molecular weight excluding hydrogens is 1870 g/mol. The molecule has 142 heavy (non-hydrogen) atoms. The average Bonchev–Trinajstić information content (AvgIpc) is 1.65. The number of nitrogens with one attached hydrogen (secondary N) is 3. The predicted octanol–water partition coefficient (Wildman–Crippen LogP) is 26.4. The molecule has 0 saturated heterocycles. The van der Waals surface area contributed by atoms with Crippen molar-refractivity contribution < 1.29 is 84.1 Å². The van der Waals surface area contributed by atoms with Gasteiger partial charge in [-0.2, -0.15) is 0 Å². The van der Waals surface area contributed by atoms with E-state index in [1.807, 2.05) is 207 Å². The molecule has 0 radical (unpaired) electrons. The molecule has 0 aliphatic rings. The number of aryl methyl sites for hydroxylation is 2. The van der Waals surface area contributed by atoms with E-state index in [0.717, 1.165) is 101 Å². The van der Waals surface area contributed by atoms with Gasteiger partial charge in [-0.05, 0) is 230 Å². The third kappa shape index (κ3) is 39.1. The molecule has 12 aromatic carbocycles. The molecule has 0 atom stereocenters. The Labute approximate surface area is 844 Å².